The Morgan fingerprint density at radius 1 is 1.56 bits per heavy atom. The molecule has 0 aliphatic carbocycles. The van der Waals surface area contributed by atoms with E-state index in [2.05, 4.69) is 6.58 Å². The van der Waals surface area contributed by atoms with Gasteiger partial charge < -0.3 is 9.47 Å². The van der Waals surface area contributed by atoms with Crippen molar-refractivity contribution in [3.63, 3.8) is 0 Å². The molecule has 0 bridgehead atoms. The van der Waals surface area contributed by atoms with Crippen molar-refractivity contribution in [3.05, 3.63) is 12.7 Å². The van der Waals surface area contributed by atoms with E-state index in [-0.39, 0.29) is 5.91 Å². The number of amides is 1. The Bertz CT molecular complexity index is 248. The van der Waals surface area contributed by atoms with Crippen molar-refractivity contribution in [3.8, 4) is 0 Å². The van der Waals surface area contributed by atoms with Crippen molar-refractivity contribution < 1.29 is 19.1 Å². The van der Waals surface area contributed by atoms with E-state index in [1.165, 1.54) is 12.2 Å². The molecule has 92 valence electrons. The lowest BCUT2D eigenvalue weighted by Gasteiger charge is -2.26. The van der Waals surface area contributed by atoms with Gasteiger partial charge in [-0.25, -0.2) is 5.06 Å². The molecule has 0 aromatic heterocycles. The van der Waals surface area contributed by atoms with Crippen molar-refractivity contribution in [2.45, 2.75) is 25.0 Å². The molecule has 0 aromatic carbocycles. The van der Waals surface area contributed by atoms with Crippen LogP contribution in [0.25, 0.3) is 0 Å². The fourth-order valence-corrected chi connectivity index (χ4v) is 1.64. The van der Waals surface area contributed by atoms with Gasteiger partial charge in [0.2, 0.25) is 5.91 Å². The molecule has 1 fully saturated rings. The van der Waals surface area contributed by atoms with Crippen molar-refractivity contribution >= 4 is 5.91 Å². The van der Waals surface area contributed by atoms with Crippen LogP contribution in [-0.4, -0.2) is 44.1 Å². The summed E-state index contributed by atoms with van der Waals surface area (Å²) in [5.41, 5.74) is 0. The minimum absolute atomic E-state index is 0.0926. The first-order valence-corrected chi connectivity index (χ1v) is 5.33. The Hall–Kier alpha value is -0.910. The zero-order chi connectivity index (χ0) is 12.0. The first-order chi connectivity index (χ1) is 7.63. The SMILES string of the molecule is C=CCC1(CCC(=O)N(C)OC)OCCO1. The molecule has 5 nitrogen and oxygen atoms in total. The molecule has 0 atom stereocenters. The number of hydroxylamine groups is 2. The fourth-order valence-electron chi connectivity index (χ4n) is 1.64. The van der Waals surface area contributed by atoms with Crippen LogP contribution in [0.2, 0.25) is 0 Å². The van der Waals surface area contributed by atoms with Crippen LogP contribution in [0.1, 0.15) is 19.3 Å². The third-order valence-electron chi connectivity index (χ3n) is 2.61. The fraction of sp³-hybridized carbons (Fsp3) is 0.727. The van der Waals surface area contributed by atoms with Gasteiger partial charge >= 0.3 is 0 Å². The van der Waals surface area contributed by atoms with Crippen LogP contribution in [-0.2, 0) is 19.1 Å². The Morgan fingerprint density at radius 2 is 2.19 bits per heavy atom. The van der Waals surface area contributed by atoms with Crippen LogP contribution >= 0.6 is 0 Å². The molecule has 1 heterocycles. The first kappa shape index (κ1) is 13.2. The van der Waals surface area contributed by atoms with Crippen LogP contribution < -0.4 is 0 Å². The molecule has 5 heteroatoms. The maximum absolute atomic E-state index is 11.5. The van der Waals surface area contributed by atoms with Gasteiger partial charge in [0, 0.05) is 26.3 Å². The zero-order valence-corrected chi connectivity index (χ0v) is 9.90. The monoisotopic (exact) mass is 229 g/mol. The number of hydrogen-bond acceptors (Lipinski definition) is 4. The van der Waals surface area contributed by atoms with E-state index in [4.69, 9.17) is 14.3 Å². The van der Waals surface area contributed by atoms with E-state index in [0.29, 0.717) is 32.5 Å². The molecule has 1 rings (SSSR count). The lowest BCUT2D eigenvalue weighted by atomic mass is 10.1. The van der Waals surface area contributed by atoms with Crippen LogP contribution in [0.5, 0.6) is 0 Å². The van der Waals surface area contributed by atoms with Gasteiger partial charge in [-0.1, -0.05) is 6.08 Å². The van der Waals surface area contributed by atoms with Gasteiger partial charge in [-0.3, -0.25) is 9.63 Å². The summed E-state index contributed by atoms with van der Waals surface area (Å²) in [6.07, 6.45) is 3.19. The minimum atomic E-state index is -0.661. The van der Waals surface area contributed by atoms with Crippen LogP contribution in [0, 0.1) is 0 Å². The number of carbonyl (C=O) groups excluding carboxylic acids is 1. The first-order valence-electron chi connectivity index (χ1n) is 5.33. The van der Waals surface area contributed by atoms with E-state index in [1.54, 1.807) is 13.1 Å². The van der Waals surface area contributed by atoms with Crippen molar-refractivity contribution in [2.75, 3.05) is 27.4 Å². The molecule has 1 amide bonds. The van der Waals surface area contributed by atoms with Crippen LogP contribution in [0.3, 0.4) is 0 Å². The number of carbonyl (C=O) groups is 1. The minimum Gasteiger partial charge on any atom is -0.347 e. The summed E-state index contributed by atoms with van der Waals surface area (Å²) < 4.78 is 11.1. The molecular weight excluding hydrogens is 210 g/mol. The molecule has 1 aliphatic rings. The van der Waals surface area contributed by atoms with Crippen molar-refractivity contribution in [1.29, 1.82) is 0 Å². The summed E-state index contributed by atoms with van der Waals surface area (Å²) in [5, 5.41) is 1.20. The second kappa shape index (κ2) is 5.98. The Kier molecular flexibility index (Phi) is 4.92. The second-order valence-electron chi connectivity index (χ2n) is 3.67. The standard InChI is InChI=1S/C11H19NO4/c1-4-6-11(15-8-9-16-11)7-5-10(13)12(2)14-3/h4H,1,5-9H2,2-3H3. The Morgan fingerprint density at radius 3 is 2.69 bits per heavy atom. The normalized spacial score (nSPS) is 18.4. The van der Waals surface area contributed by atoms with Crippen molar-refractivity contribution in [2.24, 2.45) is 0 Å². The van der Waals surface area contributed by atoms with E-state index < -0.39 is 5.79 Å². The molecule has 0 aromatic rings. The summed E-state index contributed by atoms with van der Waals surface area (Å²) in [4.78, 5) is 16.3. The number of nitrogens with zero attached hydrogens (tertiary/aromatic N) is 1. The van der Waals surface area contributed by atoms with E-state index in [9.17, 15) is 4.79 Å². The van der Waals surface area contributed by atoms with Crippen LogP contribution in [0.4, 0.5) is 0 Å². The maximum Gasteiger partial charge on any atom is 0.246 e. The molecular formula is C11H19NO4. The Labute approximate surface area is 95.9 Å². The van der Waals surface area contributed by atoms with Crippen LogP contribution in [0.15, 0.2) is 12.7 Å². The highest BCUT2D eigenvalue weighted by Crippen LogP contribution is 2.29. The third kappa shape index (κ3) is 3.30. The zero-order valence-electron chi connectivity index (χ0n) is 9.90. The molecule has 0 N–H and O–H groups in total. The largest absolute Gasteiger partial charge is 0.347 e. The van der Waals surface area contributed by atoms with E-state index >= 15 is 0 Å². The van der Waals surface area contributed by atoms with Gasteiger partial charge in [0.05, 0.1) is 20.3 Å². The summed E-state index contributed by atoms with van der Waals surface area (Å²) >= 11 is 0. The van der Waals surface area contributed by atoms with E-state index in [1.807, 2.05) is 0 Å². The van der Waals surface area contributed by atoms with Gasteiger partial charge in [0.1, 0.15) is 0 Å². The smallest absolute Gasteiger partial charge is 0.246 e. The number of hydrogen-bond donors (Lipinski definition) is 0. The molecule has 0 spiro atoms. The summed E-state index contributed by atoms with van der Waals surface area (Å²) in [6, 6.07) is 0. The molecule has 16 heavy (non-hydrogen) atoms. The highest BCUT2D eigenvalue weighted by Gasteiger charge is 2.35. The average molecular weight is 229 g/mol. The summed E-state index contributed by atoms with van der Waals surface area (Å²) in [7, 11) is 3.04. The summed E-state index contributed by atoms with van der Waals surface area (Å²) in [5.74, 6) is -0.753. The molecule has 0 unspecified atom stereocenters. The van der Waals surface area contributed by atoms with Gasteiger partial charge in [0.15, 0.2) is 5.79 Å². The lowest BCUT2D eigenvalue weighted by molar-refractivity contribution is -0.180. The number of ether oxygens (including phenoxy) is 2. The van der Waals surface area contributed by atoms with Gasteiger partial charge in [-0.15, -0.1) is 6.58 Å². The van der Waals surface area contributed by atoms with E-state index in [0.717, 1.165) is 0 Å². The second-order valence-corrected chi connectivity index (χ2v) is 3.67. The van der Waals surface area contributed by atoms with Gasteiger partial charge in [-0.05, 0) is 0 Å². The third-order valence-corrected chi connectivity index (χ3v) is 2.61. The highest BCUT2D eigenvalue weighted by molar-refractivity contribution is 5.74. The highest BCUT2D eigenvalue weighted by atomic mass is 16.7. The quantitative estimate of drug-likeness (QED) is 0.505. The molecule has 1 aliphatic heterocycles. The molecule has 0 saturated carbocycles. The maximum atomic E-state index is 11.5. The molecule has 1 saturated heterocycles. The van der Waals surface area contributed by atoms with Crippen molar-refractivity contribution in [1.82, 2.24) is 5.06 Å². The Balaban J connectivity index is 2.44. The topological polar surface area (TPSA) is 48.0 Å². The molecule has 0 radical (unpaired) electrons. The predicted molar refractivity (Wildman–Crippen MR) is 58.5 cm³/mol. The van der Waals surface area contributed by atoms with Gasteiger partial charge in [-0.2, -0.15) is 0 Å². The number of rotatable bonds is 6. The summed E-state index contributed by atoms with van der Waals surface area (Å²) in [6.45, 7) is 4.81. The predicted octanol–water partition coefficient (Wildman–Crippen LogP) is 1.11. The average Bonchev–Trinajstić information content (AvgIpc) is 2.74. The lowest BCUT2D eigenvalue weighted by Crippen LogP contribution is -2.33. The van der Waals surface area contributed by atoms with Gasteiger partial charge in [0.25, 0.3) is 0 Å².